The van der Waals surface area contributed by atoms with Gasteiger partial charge in [-0.15, -0.1) is 0 Å². The molecule has 100 valence electrons. The molecular formula is C13H20N2O3. The van der Waals surface area contributed by atoms with Crippen LogP contribution >= 0.6 is 0 Å². The van der Waals surface area contributed by atoms with Gasteiger partial charge in [-0.3, -0.25) is 4.79 Å². The maximum atomic E-state index is 11.9. The summed E-state index contributed by atoms with van der Waals surface area (Å²) in [7, 11) is 3.18. The molecule has 1 amide bonds. The smallest absolute Gasteiger partial charge is 0.251 e. The SMILES string of the molecule is COCCC(C)NC(=O)c1ccc(OC)c(N)c1. The summed E-state index contributed by atoms with van der Waals surface area (Å²) in [6.45, 7) is 2.55. The third kappa shape index (κ3) is 3.92. The predicted molar refractivity (Wildman–Crippen MR) is 70.8 cm³/mol. The van der Waals surface area contributed by atoms with Gasteiger partial charge in [0.25, 0.3) is 5.91 Å². The Kier molecular flexibility index (Phi) is 5.45. The van der Waals surface area contributed by atoms with Crippen LogP contribution in [0.1, 0.15) is 23.7 Å². The molecule has 0 bridgehead atoms. The van der Waals surface area contributed by atoms with E-state index in [-0.39, 0.29) is 11.9 Å². The lowest BCUT2D eigenvalue weighted by atomic mass is 10.1. The average Bonchev–Trinajstić information content (AvgIpc) is 2.36. The quantitative estimate of drug-likeness (QED) is 0.751. The average molecular weight is 252 g/mol. The van der Waals surface area contributed by atoms with E-state index in [1.807, 2.05) is 6.92 Å². The lowest BCUT2D eigenvalue weighted by molar-refractivity contribution is 0.0929. The van der Waals surface area contributed by atoms with Crippen molar-refractivity contribution in [3.05, 3.63) is 23.8 Å². The van der Waals surface area contributed by atoms with Crippen molar-refractivity contribution >= 4 is 11.6 Å². The first-order chi connectivity index (χ1) is 8.58. The van der Waals surface area contributed by atoms with Gasteiger partial charge in [0.1, 0.15) is 5.75 Å². The summed E-state index contributed by atoms with van der Waals surface area (Å²) in [6.07, 6.45) is 0.772. The van der Waals surface area contributed by atoms with Crippen LogP contribution in [0.2, 0.25) is 0 Å². The summed E-state index contributed by atoms with van der Waals surface area (Å²) < 4.78 is 10.0. The van der Waals surface area contributed by atoms with E-state index in [1.165, 1.54) is 7.11 Å². The molecule has 1 aromatic carbocycles. The van der Waals surface area contributed by atoms with E-state index in [2.05, 4.69) is 5.32 Å². The van der Waals surface area contributed by atoms with E-state index >= 15 is 0 Å². The molecule has 0 fully saturated rings. The number of nitrogen functional groups attached to an aromatic ring is 1. The van der Waals surface area contributed by atoms with Crippen molar-refractivity contribution < 1.29 is 14.3 Å². The second-order valence-corrected chi connectivity index (χ2v) is 4.11. The first kappa shape index (κ1) is 14.3. The second-order valence-electron chi connectivity index (χ2n) is 4.11. The molecule has 0 spiro atoms. The van der Waals surface area contributed by atoms with Crippen LogP contribution in [0.25, 0.3) is 0 Å². The third-order valence-corrected chi connectivity index (χ3v) is 2.62. The van der Waals surface area contributed by atoms with Crippen LogP contribution in [0.5, 0.6) is 5.75 Å². The number of carbonyl (C=O) groups excluding carboxylic acids is 1. The van der Waals surface area contributed by atoms with Gasteiger partial charge in [-0.2, -0.15) is 0 Å². The van der Waals surface area contributed by atoms with Crippen LogP contribution in [0.4, 0.5) is 5.69 Å². The highest BCUT2D eigenvalue weighted by atomic mass is 16.5. The fourth-order valence-corrected chi connectivity index (χ4v) is 1.55. The van der Waals surface area contributed by atoms with Gasteiger partial charge in [0.05, 0.1) is 12.8 Å². The fraction of sp³-hybridized carbons (Fsp3) is 0.462. The van der Waals surface area contributed by atoms with Gasteiger partial charge in [0.15, 0.2) is 0 Å². The molecular weight excluding hydrogens is 232 g/mol. The van der Waals surface area contributed by atoms with E-state index in [4.69, 9.17) is 15.2 Å². The minimum Gasteiger partial charge on any atom is -0.495 e. The number of nitrogens with one attached hydrogen (secondary N) is 1. The number of benzene rings is 1. The van der Waals surface area contributed by atoms with Crippen molar-refractivity contribution in [3.8, 4) is 5.75 Å². The standard InChI is InChI=1S/C13H20N2O3/c1-9(6-7-17-2)15-13(16)10-4-5-12(18-3)11(14)8-10/h4-5,8-9H,6-7,14H2,1-3H3,(H,15,16). The molecule has 0 aromatic heterocycles. The molecule has 0 aliphatic rings. The van der Waals surface area contributed by atoms with Crippen LogP contribution in [0, 0.1) is 0 Å². The molecule has 0 radical (unpaired) electrons. The van der Waals surface area contributed by atoms with Gasteiger partial charge in [-0.1, -0.05) is 0 Å². The zero-order valence-corrected chi connectivity index (χ0v) is 11.0. The topological polar surface area (TPSA) is 73.6 Å². The van der Waals surface area contributed by atoms with Gasteiger partial charge < -0.3 is 20.5 Å². The van der Waals surface area contributed by atoms with Crippen molar-refractivity contribution in [2.45, 2.75) is 19.4 Å². The van der Waals surface area contributed by atoms with E-state index < -0.39 is 0 Å². The van der Waals surface area contributed by atoms with E-state index in [9.17, 15) is 4.79 Å². The largest absolute Gasteiger partial charge is 0.495 e. The molecule has 5 nitrogen and oxygen atoms in total. The number of rotatable bonds is 6. The van der Waals surface area contributed by atoms with Crippen LogP contribution in [-0.4, -0.2) is 32.8 Å². The Labute approximate surface area is 107 Å². The highest BCUT2D eigenvalue weighted by molar-refractivity contribution is 5.95. The van der Waals surface area contributed by atoms with Crippen LogP contribution in [0.3, 0.4) is 0 Å². The molecule has 0 aliphatic heterocycles. The minimum atomic E-state index is -0.145. The van der Waals surface area contributed by atoms with E-state index in [0.717, 1.165) is 6.42 Å². The second kappa shape index (κ2) is 6.86. The zero-order chi connectivity index (χ0) is 13.5. The normalized spacial score (nSPS) is 11.9. The third-order valence-electron chi connectivity index (χ3n) is 2.62. The fourth-order valence-electron chi connectivity index (χ4n) is 1.55. The molecule has 3 N–H and O–H groups in total. The van der Waals surface area contributed by atoms with Gasteiger partial charge in [0, 0.05) is 25.3 Å². The highest BCUT2D eigenvalue weighted by Gasteiger charge is 2.11. The molecule has 1 rings (SSSR count). The highest BCUT2D eigenvalue weighted by Crippen LogP contribution is 2.21. The Morgan fingerprint density at radius 3 is 2.72 bits per heavy atom. The van der Waals surface area contributed by atoms with Gasteiger partial charge in [-0.05, 0) is 31.5 Å². The first-order valence-corrected chi connectivity index (χ1v) is 5.81. The number of nitrogens with two attached hydrogens (primary N) is 1. The number of ether oxygens (including phenoxy) is 2. The number of anilines is 1. The Bertz CT molecular complexity index is 407. The summed E-state index contributed by atoms with van der Waals surface area (Å²) in [5.74, 6) is 0.423. The van der Waals surface area contributed by atoms with Crippen LogP contribution < -0.4 is 15.8 Å². The molecule has 1 unspecified atom stereocenters. The summed E-state index contributed by atoms with van der Waals surface area (Å²) in [6, 6.07) is 5.04. The maximum absolute atomic E-state index is 11.9. The molecule has 18 heavy (non-hydrogen) atoms. The monoisotopic (exact) mass is 252 g/mol. The Hall–Kier alpha value is -1.75. The van der Waals surface area contributed by atoms with Crippen molar-refractivity contribution in [2.24, 2.45) is 0 Å². The Morgan fingerprint density at radius 1 is 1.44 bits per heavy atom. The van der Waals surface area contributed by atoms with E-state index in [0.29, 0.717) is 23.6 Å². The van der Waals surface area contributed by atoms with Crippen molar-refractivity contribution in [2.75, 3.05) is 26.6 Å². The summed E-state index contributed by atoms with van der Waals surface area (Å²) >= 11 is 0. The predicted octanol–water partition coefficient (Wildman–Crippen LogP) is 1.43. The van der Waals surface area contributed by atoms with Crippen molar-refractivity contribution in [1.29, 1.82) is 0 Å². The summed E-state index contributed by atoms with van der Waals surface area (Å²) in [4.78, 5) is 11.9. The van der Waals surface area contributed by atoms with Gasteiger partial charge in [-0.25, -0.2) is 0 Å². The number of hydrogen-bond acceptors (Lipinski definition) is 4. The molecule has 0 heterocycles. The van der Waals surface area contributed by atoms with Crippen LogP contribution in [0.15, 0.2) is 18.2 Å². The summed E-state index contributed by atoms with van der Waals surface area (Å²) in [5.41, 5.74) is 6.73. The molecule has 1 aromatic rings. The lowest BCUT2D eigenvalue weighted by Gasteiger charge is -2.14. The van der Waals surface area contributed by atoms with E-state index in [1.54, 1.807) is 25.3 Å². The summed E-state index contributed by atoms with van der Waals surface area (Å²) in [5, 5.41) is 2.88. The maximum Gasteiger partial charge on any atom is 0.251 e. The number of hydrogen-bond donors (Lipinski definition) is 2. The zero-order valence-electron chi connectivity index (χ0n) is 11.0. The molecule has 1 atom stereocenters. The molecule has 0 saturated heterocycles. The molecule has 0 saturated carbocycles. The van der Waals surface area contributed by atoms with Crippen molar-refractivity contribution in [1.82, 2.24) is 5.32 Å². The minimum absolute atomic E-state index is 0.0563. The first-order valence-electron chi connectivity index (χ1n) is 5.81. The Morgan fingerprint density at radius 2 is 2.17 bits per heavy atom. The molecule has 0 aliphatic carbocycles. The number of amides is 1. The number of carbonyl (C=O) groups is 1. The van der Waals surface area contributed by atoms with Crippen molar-refractivity contribution in [3.63, 3.8) is 0 Å². The Balaban J connectivity index is 2.64. The van der Waals surface area contributed by atoms with Crippen LogP contribution in [-0.2, 0) is 4.74 Å². The lowest BCUT2D eigenvalue weighted by Crippen LogP contribution is -2.33. The van der Waals surface area contributed by atoms with Gasteiger partial charge in [0.2, 0.25) is 0 Å². The number of methoxy groups -OCH3 is 2. The molecule has 5 heteroatoms. The van der Waals surface area contributed by atoms with Gasteiger partial charge >= 0.3 is 0 Å².